The molecule has 0 amide bonds. The van der Waals surface area contributed by atoms with Gasteiger partial charge in [-0.3, -0.25) is 0 Å². The molecule has 0 fully saturated rings. The van der Waals surface area contributed by atoms with Gasteiger partial charge in [0.05, 0.1) is 6.61 Å². The summed E-state index contributed by atoms with van der Waals surface area (Å²) in [6, 6.07) is 0.492. The lowest BCUT2D eigenvalue weighted by molar-refractivity contribution is 0.262. The van der Waals surface area contributed by atoms with E-state index in [-0.39, 0.29) is 12.7 Å². The second-order valence-corrected chi connectivity index (χ2v) is 4.33. The van der Waals surface area contributed by atoms with Crippen molar-refractivity contribution in [2.45, 2.75) is 32.2 Å². The second kappa shape index (κ2) is 7.33. The zero-order valence-corrected chi connectivity index (χ0v) is 10.9. The second-order valence-electron chi connectivity index (χ2n) is 4.33. The lowest BCUT2D eigenvalue weighted by atomic mass is 10.1. The highest BCUT2D eigenvalue weighted by Gasteiger charge is 2.20. The number of rotatable bonds is 7. The molecule has 2 nitrogen and oxygen atoms in total. The molecule has 1 aromatic rings. The van der Waals surface area contributed by atoms with Crippen molar-refractivity contribution in [2.75, 3.05) is 13.7 Å². The molecule has 0 spiro atoms. The molecule has 0 aromatic heterocycles. The highest BCUT2D eigenvalue weighted by Crippen LogP contribution is 2.26. The molecule has 0 aliphatic rings. The quantitative estimate of drug-likeness (QED) is 0.469. The first-order chi connectivity index (χ1) is 8.97. The van der Waals surface area contributed by atoms with E-state index in [2.05, 4.69) is 5.32 Å². The molecular formula is C13H17F4NO. The van der Waals surface area contributed by atoms with Crippen molar-refractivity contribution in [3.8, 4) is 5.75 Å². The van der Waals surface area contributed by atoms with Gasteiger partial charge in [-0.15, -0.1) is 0 Å². The minimum Gasteiger partial charge on any atom is -0.487 e. The van der Waals surface area contributed by atoms with Crippen LogP contribution in [0, 0.1) is 23.3 Å². The summed E-state index contributed by atoms with van der Waals surface area (Å²) in [4.78, 5) is 0. The van der Waals surface area contributed by atoms with E-state index in [4.69, 9.17) is 4.74 Å². The predicted octanol–water partition coefficient (Wildman–Crippen LogP) is 3.40. The fraction of sp³-hybridized carbons (Fsp3) is 0.538. The van der Waals surface area contributed by atoms with Crippen molar-refractivity contribution in [3.05, 3.63) is 29.3 Å². The van der Waals surface area contributed by atoms with Crippen LogP contribution >= 0.6 is 0 Å². The van der Waals surface area contributed by atoms with Gasteiger partial charge in [-0.1, -0.05) is 0 Å². The monoisotopic (exact) mass is 279 g/mol. The SMILES string of the molecule is CNC(C)CCCCOc1c(F)c(F)cc(F)c1F. The topological polar surface area (TPSA) is 21.3 Å². The summed E-state index contributed by atoms with van der Waals surface area (Å²) in [6.45, 7) is 2.01. The molecule has 0 radical (unpaired) electrons. The first kappa shape index (κ1) is 15.8. The Kier molecular flexibility index (Phi) is 6.08. The third-order valence-corrected chi connectivity index (χ3v) is 2.84. The molecule has 108 valence electrons. The Morgan fingerprint density at radius 1 is 1.11 bits per heavy atom. The minimum absolute atomic E-state index is 0.00711. The lowest BCUT2D eigenvalue weighted by Gasteiger charge is -2.11. The zero-order valence-electron chi connectivity index (χ0n) is 10.9. The first-order valence-corrected chi connectivity index (χ1v) is 6.10. The van der Waals surface area contributed by atoms with Gasteiger partial charge >= 0.3 is 0 Å². The molecule has 0 aliphatic heterocycles. The van der Waals surface area contributed by atoms with Crippen molar-refractivity contribution < 1.29 is 22.3 Å². The maximum Gasteiger partial charge on any atom is 0.203 e. The third kappa shape index (κ3) is 4.38. The van der Waals surface area contributed by atoms with Crippen LogP contribution in [-0.2, 0) is 0 Å². The van der Waals surface area contributed by atoms with Gasteiger partial charge in [-0.05, 0) is 33.2 Å². The number of unbranched alkanes of at least 4 members (excludes halogenated alkanes) is 1. The van der Waals surface area contributed by atoms with Crippen LogP contribution in [0.15, 0.2) is 6.07 Å². The summed E-state index contributed by atoms with van der Waals surface area (Å²) >= 11 is 0. The number of hydrogen-bond acceptors (Lipinski definition) is 2. The van der Waals surface area contributed by atoms with Gasteiger partial charge in [-0.25, -0.2) is 8.78 Å². The lowest BCUT2D eigenvalue weighted by Crippen LogP contribution is -2.20. The Balaban J connectivity index is 2.50. The van der Waals surface area contributed by atoms with E-state index in [1.54, 1.807) is 0 Å². The molecular weight excluding hydrogens is 262 g/mol. The predicted molar refractivity (Wildman–Crippen MR) is 64.1 cm³/mol. The van der Waals surface area contributed by atoms with Gasteiger partial charge in [0.25, 0.3) is 0 Å². The van der Waals surface area contributed by atoms with Crippen LogP contribution in [0.2, 0.25) is 0 Å². The maximum atomic E-state index is 13.2. The molecule has 1 atom stereocenters. The summed E-state index contributed by atoms with van der Waals surface area (Å²) in [5.74, 6) is -6.90. The highest BCUT2D eigenvalue weighted by molar-refractivity contribution is 5.28. The average Bonchev–Trinajstić information content (AvgIpc) is 2.39. The van der Waals surface area contributed by atoms with E-state index in [0.29, 0.717) is 12.5 Å². The fourth-order valence-corrected chi connectivity index (χ4v) is 1.55. The van der Waals surface area contributed by atoms with Crippen LogP contribution in [0.25, 0.3) is 0 Å². The van der Waals surface area contributed by atoms with Gasteiger partial charge in [0, 0.05) is 12.1 Å². The van der Waals surface area contributed by atoms with Crippen molar-refractivity contribution in [3.63, 3.8) is 0 Å². The number of benzene rings is 1. The van der Waals surface area contributed by atoms with Crippen molar-refractivity contribution in [1.29, 1.82) is 0 Å². The van der Waals surface area contributed by atoms with Crippen LogP contribution in [0.1, 0.15) is 26.2 Å². The van der Waals surface area contributed by atoms with E-state index in [1.165, 1.54) is 0 Å². The smallest absolute Gasteiger partial charge is 0.203 e. The Labute approximate surface area is 109 Å². The molecule has 0 aliphatic carbocycles. The average molecular weight is 279 g/mol. The van der Waals surface area contributed by atoms with Gasteiger partial charge in [-0.2, -0.15) is 8.78 Å². The largest absolute Gasteiger partial charge is 0.487 e. The molecule has 1 rings (SSSR count). The molecule has 0 saturated carbocycles. The van der Waals surface area contributed by atoms with E-state index in [9.17, 15) is 17.6 Å². The Morgan fingerprint density at radius 3 is 2.21 bits per heavy atom. The molecule has 0 bridgehead atoms. The van der Waals surface area contributed by atoms with Crippen LogP contribution in [-0.4, -0.2) is 19.7 Å². The van der Waals surface area contributed by atoms with E-state index in [0.717, 1.165) is 12.8 Å². The molecule has 19 heavy (non-hydrogen) atoms. The molecule has 6 heteroatoms. The van der Waals surface area contributed by atoms with E-state index in [1.807, 2.05) is 14.0 Å². The molecule has 0 heterocycles. The maximum absolute atomic E-state index is 13.2. The number of halogens is 4. The van der Waals surface area contributed by atoms with Gasteiger partial charge < -0.3 is 10.1 Å². The summed E-state index contributed by atoms with van der Waals surface area (Å²) in [5, 5.41) is 3.05. The van der Waals surface area contributed by atoms with Crippen molar-refractivity contribution >= 4 is 0 Å². The summed E-state index contributed by atoms with van der Waals surface area (Å²) in [7, 11) is 1.83. The molecule has 1 N–H and O–H groups in total. The number of nitrogens with one attached hydrogen (secondary N) is 1. The van der Waals surface area contributed by atoms with Crippen molar-refractivity contribution in [2.24, 2.45) is 0 Å². The van der Waals surface area contributed by atoms with Crippen molar-refractivity contribution in [1.82, 2.24) is 5.32 Å². The Morgan fingerprint density at radius 2 is 1.68 bits per heavy atom. The van der Waals surface area contributed by atoms with Gasteiger partial charge in [0.15, 0.2) is 17.4 Å². The van der Waals surface area contributed by atoms with Crippen LogP contribution in [0.4, 0.5) is 17.6 Å². The summed E-state index contributed by atoms with van der Waals surface area (Å²) in [5.41, 5.74) is 0. The van der Waals surface area contributed by atoms with E-state index >= 15 is 0 Å². The summed E-state index contributed by atoms with van der Waals surface area (Å²) in [6.07, 6.45) is 2.20. The van der Waals surface area contributed by atoms with E-state index < -0.39 is 29.0 Å². The Hall–Kier alpha value is -1.30. The van der Waals surface area contributed by atoms with Crippen LogP contribution in [0.3, 0.4) is 0 Å². The first-order valence-electron chi connectivity index (χ1n) is 6.10. The van der Waals surface area contributed by atoms with Gasteiger partial charge in [0.1, 0.15) is 0 Å². The number of hydrogen-bond donors (Lipinski definition) is 1. The van der Waals surface area contributed by atoms with Crippen LogP contribution in [0.5, 0.6) is 5.75 Å². The zero-order chi connectivity index (χ0) is 14.4. The van der Waals surface area contributed by atoms with Gasteiger partial charge in [0.2, 0.25) is 11.6 Å². The fourth-order valence-electron chi connectivity index (χ4n) is 1.55. The molecule has 1 unspecified atom stereocenters. The third-order valence-electron chi connectivity index (χ3n) is 2.84. The molecule has 0 saturated heterocycles. The number of ether oxygens (including phenoxy) is 1. The Bertz CT molecular complexity index is 399. The standard InChI is InChI=1S/C13H17F4NO/c1-8(18-2)5-3-4-6-19-13-11(16)9(14)7-10(15)12(13)17/h7-8,18H,3-6H2,1-2H3. The minimum atomic E-state index is -1.50. The summed E-state index contributed by atoms with van der Waals surface area (Å²) < 4.78 is 57.0. The molecule has 1 aromatic carbocycles. The highest BCUT2D eigenvalue weighted by atomic mass is 19.2. The van der Waals surface area contributed by atoms with Crippen LogP contribution < -0.4 is 10.1 Å². The normalized spacial score (nSPS) is 12.5.